The van der Waals surface area contributed by atoms with Crippen LogP contribution < -0.4 is 10.4 Å². The Morgan fingerprint density at radius 3 is 1.82 bits per heavy atom. The largest absolute Gasteiger partial charge is 0.405 e. The van der Waals surface area contributed by atoms with E-state index in [9.17, 15) is 4.79 Å². The van der Waals surface area contributed by atoms with E-state index in [1.54, 1.807) is 6.92 Å². The molecule has 0 unspecified atom stereocenters. The number of hydrogen-bond acceptors (Lipinski definition) is 4. The van der Waals surface area contributed by atoms with Gasteiger partial charge in [0, 0.05) is 0 Å². The molecular formula is C29H34O4Si. The third-order valence-corrected chi connectivity index (χ3v) is 11.6. The van der Waals surface area contributed by atoms with E-state index < -0.39 is 26.6 Å². The van der Waals surface area contributed by atoms with Crippen molar-refractivity contribution in [3.05, 3.63) is 96.6 Å². The summed E-state index contributed by atoms with van der Waals surface area (Å²) in [4.78, 5) is 12.9. The van der Waals surface area contributed by atoms with E-state index in [1.165, 1.54) is 10.4 Å². The average molecular weight is 475 g/mol. The fourth-order valence-corrected chi connectivity index (χ4v) is 9.43. The molecule has 3 aromatic rings. The minimum absolute atomic E-state index is 0.0213. The predicted molar refractivity (Wildman–Crippen MR) is 138 cm³/mol. The Bertz CT molecular complexity index is 1020. The Balaban J connectivity index is 1.63. The summed E-state index contributed by atoms with van der Waals surface area (Å²) in [5, 5.41) is 2.25. The number of carbonyl (C=O) groups excluding carboxylic acids is 1. The van der Waals surface area contributed by atoms with Gasteiger partial charge in [-0.1, -0.05) is 112 Å². The van der Waals surface area contributed by atoms with E-state index in [0.717, 1.165) is 5.56 Å². The topological polar surface area (TPSA) is 44.8 Å². The number of Topliss-reactive ketones (excluding diaryl/α,β-unsaturated/α-hetero) is 1. The third-order valence-electron chi connectivity index (χ3n) is 6.55. The van der Waals surface area contributed by atoms with Crippen LogP contribution in [0.15, 0.2) is 91.0 Å². The van der Waals surface area contributed by atoms with E-state index in [2.05, 4.69) is 69.3 Å². The molecule has 4 nitrogen and oxygen atoms in total. The number of ketones is 1. The van der Waals surface area contributed by atoms with Crippen molar-refractivity contribution < 1.29 is 18.7 Å². The standard InChI is InChI=1S/C29H34O4Si/c1-22-27(30)28(31-20-23-14-8-5-9-15-23)26(33-22)21-32-34(29(2,3)4,24-16-10-6-11-17-24)25-18-12-7-13-19-25/h5-19,22,26,28H,20-21H2,1-4H3/t22-,26+,28+/m0/s1. The van der Waals surface area contributed by atoms with Crippen molar-refractivity contribution >= 4 is 24.5 Å². The Morgan fingerprint density at radius 2 is 1.32 bits per heavy atom. The molecule has 0 spiro atoms. The van der Waals surface area contributed by atoms with Crippen LogP contribution in [0.1, 0.15) is 33.3 Å². The van der Waals surface area contributed by atoms with E-state index in [1.807, 2.05) is 42.5 Å². The highest BCUT2D eigenvalue weighted by Gasteiger charge is 2.52. The first-order valence-corrected chi connectivity index (χ1v) is 13.8. The second kappa shape index (κ2) is 10.4. The molecular weight excluding hydrogens is 440 g/mol. The summed E-state index contributed by atoms with van der Waals surface area (Å²) < 4.78 is 19.2. The molecule has 178 valence electrons. The lowest BCUT2D eigenvalue weighted by Gasteiger charge is -2.43. The summed E-state index contributed by atoms with van der Waals surface area (Å²) >= 11 is 0. The van der Waals surface area contributed by atoms with Gasteiger partial charge >= 0.3 is 0 Å². The highest BCUT2D eigenvalue weighted by Crippen LogP contribution is 2.37. The highest BCUT2D eigenvalue weighted by molar-refractivity contribution is 6.99. The van der Waals surface area contributed by atoms with Crippen molar-refractivity contribution in [2.24, 2.45) is 0 Å². The molecule has 1 saturated heterocycles. The zero-order chi connectivity index (χ0) is 24.2. The fraction of sp³-hybridized carbons (Fsp3) is 0.345. The van der Waals surface area contributed by atoms with Gasteiger partial charge in [-0.05, 0) is 27.9 Å². The number of hydrogen-bond donors (Lipinski definition) is 0. The smallest absolute Gasteiger partial charge is 0.261 e. The average Bonchev–Trinajstić information content (AvgIpc) is 3.12. The number of ether oxygens (including phenoxy) is 2. The predicted octanol–water partition coefficient (Wildman–Crippen LogP) is 4.50. The summed E-state index contributed by atoms with van der Waals surface area (Å²) in [5.74, 6) is -0.0213. The Labute approximate surface area is 204 Å². The lowest BCUT2D eigenvalue weighted by Crippen LogP contribution is -2.67. The zero-order valence-electron chi connectivity index (χ0n) is 20.4. The molecule has 5 heteroatoms. The number of rotatable bonds is 8. The van der Waals surface area contributed by atoms with E-state index in [4.69, 9.17) is 13.9 Å². The van der Waals surface area contributed by atoms with Crippen molar-refractivity contribution in [3.63, 3.8) is 0 Å². The first-order chi connectivity index (χ1) is 16.3. The normalized spacial score (nSPS) is 21.1. The van der Waals surface area contributed by atoms with Crippen LogP contribution in [0.2, 0.25) is 5.04 Å². The second-order valence-electron chi connectivity index (χ2n) is 9.91. The van der Waals surface area contributed by atoms with Crippen molar-refractivity contribution in [3.8, 4) is 0 Å². The summed E-state index contributed by atoms with van der Waals surface area (Å²) in [7, 11) is -2.72. The molecule has 3 aromatic carbocycles. The van der Waals surface area contributed by atoms with Gasteiger partial charge in [-0.25, -0.2) is 0 Å². The lowest BCUT2D eigenvalue weighted by atomic mass is 10.1. The molecule has 0 amide bonds. The Hall–Kier alpha value is -2.57. The molecule has 0 radical (unpaired) electrons. The van der Waals surface area contributed by atoms with E-state index in [-0.39, 0.29) is 10.8 Å². The molecule has 4 rings (SSSR count). The SMILES string of the molecule is C[C@@H]1O[C@H](CO[Si](c2ccccc2)(c2ccccc2)C(C)(C)C)[C@@H](OCc2ccccc2)C1=O. The summed E-state index contributed by atoms with van der Waals surface area (Å²) in [6.45, 7) is 9.18. The lowest BCUT2D eigenvalue weighted by molar-refractivity contribution is -0.129. The van der Waals surface area contributed by atoms with Crippen molar-refractivity contribution in [1.82, 2.24) is 0 Å². The van der Waals surface area contributed by atoms with Crippen LogP contribution in [0.3, 0.4) is 0 Å². The van der Waals surface area contributed by atoms with Crippen LogP contribution >= 0.6 is 0 Å². The van der Waals surface area contributed by atoms with Crippen LogP contribution in [-0.2, 0) is 25.3 Å². The third kappa shape index (κ3) is 4.93. The molecule has 1 aliphatic rings. The minimum atomic E-state index is -2.72. The van der Waals surface area contributed by atoms with Gasteiger partial charge in [0.25, 0.3) is 8.32 Å². The molecule has 0 N–H and O–H groups in total. The van der Waals surface area contributed by atoms with Gasteiger partial charge in [0.1, 0.15) is 18.3 Å². The molecule has 34 heavy (non-hydrogen) atoms. The quantitative estimate of drug-likeness (QED) is 0.451. The summed E-state index contributed by atoms with van der Waals surface area (Å²) in [5.41, 5.74) is 1.03. The highest BCUT2D eigenvalue weighted by atomic mass is 28.4. The Morgan fingerprint density at radius 1 is 0.824 bits per heavy atom. The minimum Gasteiger partial charge on any atom is -0.405 e. The molecule has 1 heterocycles. The van der Waals surface area contributed by atoms with Crippen LogP contribution in [0.5, 0.6) is 0 Å². The maximum absolute atomic E-state index is 12.9. The zero-order valence-corrected chi connectivity index (χ0v) is 21.4. The van der Waals surface area contributed by atoms with Gasteiger partial charge in [-0.15, -0.1) is 0 Å². The maximum Gasteiger partial charge on any atom is 0.261 e. The maximum atomic E-state index is 12.9. The second-order valence-corrected chi connectivity index (χ2v) is 14.2. The molecule has 1 fully saturated rings. The van der Waals surface area contributed by atoms with Crippen molar-refractivity contribution in [1.29, 1.82) is 0 Å². The van der Waals surface area contributed by atoms with Gasteiger partial charge in [0.2, 0.25) is 0 Å². The first-order valence-electron chi connectivity index (χ1n) is 11.9. The number of carbonyl (C=O) groups is 1. The van der Waals surface area contributed by atoms with Crippen LogP contribution in [-0.4, -0.2) is 39.0 Å². The van der Waals surface area contributed by atoms with E-state index >= 15 is 0 Å². The van der Waals surface area contributed by atoms with E-state index in [0.29, 0.717) is 13.2 Å². The van der Waals surface area contributed by atoms with Gasteiger partial charge < -0.3 is 13.9 Å². The van der Waals surface area contributed by atoms with Gasteiger partial charge in [0.15, 0.2) is 5.78 Å². The monoisotopic (exact) mass is 474 g/mol. The first kappa shape index (κ1) is 24.5. The molecule has 1 aliphatic heterocycles. The Kier molecular flexibility index (Phi) is 7.48. The summed E-state index contributed by atoms with van der Waals surface area (Å²) in [6.07, 6.45) is -1.60. The fourth-order valence-electron chi connectivity index (χ4n) is 4.86. The molecule has 3 atom stereocenters. The van der Waals surface area contributed by atoms with Gasteiger partial charge in [-0.2, -0.15) is 0 Å². The van der Waals surface area contributed by atoms with Gasteiger partial charge in [-0.3, -0.25) is 4.79 Å². The molecule has 0 bridgehead atoms. The van der Waals surface area contributed by atoms with Crippen LogP contribution in [0, 0.1) is 0 Å². The van der Waals surface area contributed by atoms with Gasteiger partial charge in [0.05, 0.1) is 13.2 Å². The van der Waals surface area contributed by atoms with Crippen molar-refractivity contribution in [2.45, 2.75) is 57.7 Å². The van der Waals surface area contributed by atoms with Crippen molar-refractivity contribution in [2.75, 3.05) is 6.61 Å². The molecule has 0 aliphatic carbocycles. The number of benzene rings is 3. The summed E-state index contributed by atoms with van der Waals surface area (Å²) in [6, 6.07) is 30.9. The van der Waals surface area contributed by atoms with Crippen LogP contribution in [0.25, 0.3) is 0 Å². The van der Waals surface area contributed by atoms with Crippen LogP contribution in [0.4, 0.5) is 0 Å². The molecule has 0 saturated carbocycles. The molecule has 0 aromatic heterocycles.